The summed E-state index contributed by atoms with van der Waals surface area (Å²) in [6, 6.07) is 11.9. The Morgan fingerprint density at radius 1 is 1.09 bits per heavy atom. The first kappa shape index (κ1) is 21.2. The van der Waals surface area contributed by atoms with E-state index >= 15 is 0 Å². The molecule has 2 aromatic heterocycles. The molecule has 0 spiro atoms. The minimum atomic E-state index is -0.745. The lowest BCUT2D eigenvalue weighted by Crippen LogP contribution is -2.39. The number of para-hydroxylation sites is 1. The fourth-order valence-electron chi connectivity index (χ4n) is 3.27. The van der Waals surface area contributed by atoms with Crippen molar-refractivity contribution in [1.29, 1.82) is 0 Å². The van der Waals surface area contributed by atoms with Crippen molar-refractivity contribution in [2.45, 2.75) is 38.6 Å². The predicted molar refractivity (Wildman–Crippen MR) is 120 cm³/mol. The second-order valence-electron chi connectivity index (χ2n) is 8.43. The summed E-state index contributed by atoms with van der Waals surface area (Å²) in [5, 5.41) is 13.3. The average Bonchev–Trinajstić information content (AvgIpc) is 3.40. The van der Waals surface area contributed by atoms with Crippen molar-refractivity contribution in [2.24, 2.45) is 10.8 Å². The van der Waals surface area contributed by atoms with Gasteiger partial charge in [0.1, 0.15) is 17.6 Å². The van der Waals surface area contributed by atoms with Crippen molar-refractivity contribution in [3.63, 3.8) is 0 Å². The van der Waals surface area contributed by atoms with Gasteiger partial charge < -0.3 is 11.1 Å². The largest absolute Gasteiger partial charge is 0.368 e. The molecule has 1 aromatic carbocycles. The van der Waals surface area contributed by atoms with Crippen molar-refractivity contribution in [3.8, 4) is 5.95 Å². The number of nitrogens with two attached hydrogens (primary N) is 1. The van der Waals surface area contributed by atoms with Crippen LogP contribution in [0.3, 0.4) is 0 Å². The number of carbonyl (C=O) groups excluding carboxylic acids is 2. The molecule has 3 N–H and O–H groups in total. The van der Waals surface area contributed by atoms with E-state index in [1.54, 1.807) is 36.7 Å². The second kappa shape index (κ2) is 8.22. The van der Waals surface area contributed by atoms with Crippen molar-refractivity contribution in [1.82, 2.24) is 19.7 Å². The molecule has 3 aromatic rings. The number of hydrogen-bond acceptors (Lipinski definition) is 7. The molecule has 3 heterocycles. The van der Waals surface area contributed by atoms with Gasteiger partial charge in [0.15, 0.2) is 0 Å². The maximum Gasteiger partial charge on any atom is 0.273 e. The molecule has 32 heavy (non-hydrogen) atoms. The summed E-state index contributed by atoms with van der Waals surface area (Å²) in [6.07, 6.45) is 3.30. The molecule has 164 valence electrons. The van der Waals surface area contributed by atoms with Crippen LogP contribution in [0.15, 0.2) is 60.0 Å². The van der Waals surface area contributed by atoms with Gasteiger partial charge in [-0.05, 0) is 18.2 Å². The van der Waals surface area contributed by atoms with Crippen LogP contribution in [0.4, 0.5) is 11.5 Å². The molecule has 1 unspecified atom stereocenters. The number of hydrazone groups is 1. The molecule has 0 saturated carbocycles. The Morgan fingerprint density at radius 2 is 1.78 bits per heavy atom. The van der Waals surface area contributed by atoms with Gasteiger partial charge in [0, 0.05) is 30.3 Å². The Bertz CT molecular complexity index is 1170. The van der Waals surface area contributed by atoms with Crippen LogP contribution in [0.5, 0.6) is 0 Å². The van der Waals surface area contributed by atoms with Crippen LogP contribution >= 0.6 is 0 Å². The summed E-state index contributed by atoms with van der Waals surface area (Å²) < 4.78 is 1.48. The van der Waals surface area contributed by atoms with Crippen LogP contribution < -0.4 is 16.1 Å². The summed E-state index contributed by atoms with van der Waals surface area (Å²) >= 11 is 0. The molecule has 1 atom stereocenters. The van der Waals surface area contributed by atoms with Gasteiger partial charge in [-0.1, -0.05) is 39.0 Å². The van der Waals surface area contributed by atoms with Crippen molar-refractivity contribution < 1.29 is 9.59 Å². The van der Waals surface area contributed by atoms with Gasteiger partial charge in [-0.25, -0.2) is 9.97 Å². The third-order valence-corrected chi connectivity index (χ3v) is 4.98. The first-order valence-electron chi connectivity index (χ1n) is 10.1. The number of anilines is 2. The van der Waals surface area contributed by atoms with Gasteiger partial charge in [0.05, 0.1) is 11.4 Å². The van der Waals surface area contributed by atoms with Gasteiger partial charge in [-0.3, -0.25) is 14.6 Å². The Kier molecular flexibility index (Phi) is 5.43. The molecule has 0 aliphatic carbocycles. The maximum atomic E-state index is 13.1. The Balaban J connectivity index is 1.65. The third-order valence-electron chi connectivity index (χ3n) is 4.98. The topological polar surface area (TPSA) is 131 Å². The standard InChI is InChI=1S/C22H24N8O2/c1-22(2,3)17-13-18(30(28-17)21-24-10-7-11-25-21)26-20(32)15-12-16(19(23)31)29(27-15)14-8-5-4-6-9-14/h4-11,13,16H,12H2,1-3H3,(H2,23,31)(H,26,32). The molecule has 2 amide bonds. The highest BCUT2D eigenvalue weighted by molar-refractivity contribution is 6.44. The number of primary amides is 1. The van der Waals surface area contributed by atoms with Gasteiger partial charge in [0.25, 0.3) is 11.9 Å². The van der Waals surface area contributed by atoms with E-state index in [0.717, 1.165) is 5.69 Å². The highest BCUT2D eigenvalue weighted by Crippen LogP contribution is 2.27. The number of hydrogen-bond donors (Lipinski definition) is 2. The molecule has 10 heteroatoms. The smallest absolute Gasteiger partial charge is 0.273 e. The summed E-state index contributed by atoms with van der Waals surface area (Å²) in [6.45, 7) is 6.06. The van der Waals surface area contributed by atoms with E-state index in [-0.39, 0.29) is 17.5 Å². The lowest BCUT2D eigenvalue weighted by Gasteiger charge is -2.20. The Labute approximate surface area is 185 Å². The van der Waals surface area contributed by atoms with Crippen LogP contribution in [0.2, 0.25) is 0 Å². The van der Waals surface area contributed by atoms with E-state index in [4.69, 9.17) is 5.73 Å². The van der Waals surface area contributed by atoms with Crippen LogP contribution in [-0.2, 0) is 15.0 Å². The zero-order valence-electron chi connectivity index (χ0n) is 18.1. The minimum Gasteiger partial charge on any atom is -0.368 e. The second-order valence-corrected chi connectivity index (χ2v) is 8.43. The maximum absolute atomic E-state index is 13.1. The number of benzene rings is 1. The molecule has 0 bridgehead atoms. The number of aromatic nitrogens is 4. The van der Waals surface area contributed by atoms with Crippen molar-refractivity contribution in [3.05, 3.63) is 60.6 Å². The fraction of sp³-hybridized carbons (Fsp3) is 0.273. The van der Waals surface area contributed by atoms with Crippen LogP contribution in [0, 0.1) is 0 Å². The molecule has 10 nitrogen and oxygen atoms in total. The fourth-order valence-corrected chi connectivity index (χ4v) is 3.27. The number of nitrogens with zero attached hydrogens (tertiary/aromatic N) is 6. The lowest BCUT2D eigenvalue weighted by molar-refractivity contribution is -0.119. The van der Waals surface area contributed by atoms with Crippen LogP contribution in [0.1, 0.15) is 32.9 Å². The van der Waals surface area contributed by atoms with E-state index in [9.17, 15) is 9.59 Å². The predicted octanol–water partition coefficient (Wildman–Crippen LogP) is 2.02. The molecule has 0 saturated heterocycles. The van der Waals surface area contributed by atoms with E-state index in [2.05, 4.69) is 25.5 Å². The van der Waals surface area contributed by atoms with Crippen LogP contribution in [0.25, 0.3) is 5.95 Å². The van der Waals surface area contributed by atoms with E-state index in [0.29, 0.717) is 17.5 Å². The van der Waals surface area contributed by atoms with Crippen molar-refractivity contribution >= 4 is 29.0 Å². The molecular weight excluding hydrogens is 408 g/mol. The highest BCUT2D eigenvalue weighted by Gasteiger charge is 2.35. The monoisotopic (exact) mass is 432 g/mol. The third kappa shape index (κ3) is 4.20. The Morgan fingerprint density at radius 3 is 2.41 bits per heavy atom. The highest BCUT2D eigenvalue weighted by atomic mass is 16.2. The SMILES string of the molecule is CC(C)(C)c1cc(NC(=O)C2=NN(c3ccccc3)C(C(N)=O)C2)n(-c2ncccn2)n1. The summed E-state index contributed by atoms with van der Waals surface area (Å²) in [5.74, 6) is -0.277. The van der Waals surface area contributed by atoms with Crippen molar-refractivity contribution in [2.75, 3.05) is 10.3 Å². The number of carbonyl (C=O) groups is 2. The first-order valence-corrected chi connectivity index (χ1v) is 10.1. The molecule has 0 fully saturated rings. The van der Waals surface area contributed by atoms with Gasteiger partial charge in [-0.2, -0.15) is 14.9 Å². The summed E-state index contributed by atoms with van der Waals surface area (Å²) in [4.78, 5) is 33.6. The van der Waals surface area contributed by atoms with Gasteiger partial charge >= 0.3 is 0 Å². The number of amides is 2. The van der Waals surface area contributed by atoms with Gasteiger partial charge in [-0.15, -0.1) is 0 Å². The average molecular weight is 432 g/mol. The van der Waals surface area contributed by atoms with Gasteiger partial charge in [0.2, 0.25) is 5.91 Å². The number of nitrogens with one attached hydrogen (secondary N) is 1. The van der Waals surface area contributed by atoms with Crippen LogP contribution in [-0.4, -0.2) is 43.3 Å². The Hall–Kier alpha value is -4.08. The normalized spacial score (nSPS) is 16.0. The molecule has 1 aliphatic rings. The number of rotatable bonds is 5. The summed E-state index contributed by atoms with van der Waals surface area (Å²) in [7, 11) is 0. The zero-order chi connectivity index (χ0) is 22.9. The quantitative estimate of drug-likeness (QED) is 0.634. The minimum absolute atomic E-state index is 0.0954. The van der Waals surface area contributed by atoms with E-state index in [1.165, 1.54) is 9.69 Å². The van der Waals surface area contributed by atoms with E-state index in [1.807, 2.05) is 39.0 Å². The lowest BCUT2D eigenvalue weighted by atomic mass is 9.92. The molecule has 0 radical (unpaired) electrons. The molecule has 4 rings (SSSR count). The van der Waals surface area contributed by atoms with E-state index < -0.39 is 17.9 Å². The molecule has 1 aliphatic heterocycles. The molecular formula is C22H24N8O2. The summed E-state index contributed by atoms with van der Waals surface area (Å²) in [5.41, 5.74) is 6.94. The first-order chi connectivity index (χ1) is 15.2. The zero-order valence-corrected chi connectivity index (χ0v) is 18.1.